The molecule has 4 rings (SSSR count). The van der Waals surface area contributed by atoms with Crippen molar-refractivity contribution in [3.05, 3.63) is 30.5 Å². The van der Waals surface area contributed by atoms with Crippen molar-refractivity contribution in [2.75, 3.05) is 0 Å². The molecule has 3 heterocycles. The number of halogens is 2. The number of nitrogens with zero attached hydrogens (tertiary/aromatic N) is 7. The zero-order valence-electron chi connectivity index (χ0n) is 12.0. The molecule has 1 aliphatic rings. The lowest BCUT2D eigenvalue weighted by atomic mass is 9.79. The van der Waals surface area contributed by atoms with E-state index in [-0.39, 0.29) is 12.0 Å². The predicted molar refractivity (Wildman–Crippen MR) is 74.6 cm³/mol. The molecule has 3 aromatic heterocycles. The minimum absolute atomic E-state index is 0.0899. The lowest BCUT2D eigenvalue weighted by molar-refractivity contribution is 0.117. The summed E-state index contributed by atoms with van der Waals surface area (Å²) in [6.45, 7) is -0.457. The normalized spacial score (nSPS) is 20.8. The number of H-pyrrole nitrogens is 1. The third-order valence-corrected chi connectivity index (χ3v) is 4.05. The predicted octanol–water partition coefficient (Wildman–Crippen LogP) is 1.64. The van der Waals surface area contributed by atoms with Gasteiger partial charge in [-0.2, -0.15) is 5.10 Å². The topological polar surface area (TPSA) is 90.1 Å². The average molecular weight is 320 g/mol. The highest BCUT2D eigenvalue weighted by molar-refractivity contribution is 5.47. The van der Waals surface area contributed by atoms with Gasteiger partial charge in [-0.05, 0) is 18.9 Å². The van der Waals surface area contributed by atoms with Crippen LogP contribution < -0.4 is 0 Å². The van der Waals surface area contributed by atoms with Crippen LogP contribution in [0.15, 0.2) is 24.7 Å². The van der Waals surface area contributed by atoms with Gasteiger partial charge in [0, 0.05) is 18.3 Å². The second-order valence-electron chi connectivity index (χ2n) is 5.54. The SMILES string of the molecule is FC(F)Cn1nc(-c2ccn[nH]2)nc1C1CC(n2ccnn2)C1. The molecule has 0 atom stereocenters. The van der Waals surface area contributed by atoms with Crippen LogP contribution in [0.4, 0.5) is 8.78 Å². The molecule has 1 aliphatic carbocycles. The quantitative estimate of drug-likeness (QED) is 0.772. The number of hydrogen-bond donors (Lipinski definition) is 1. The van der Waals surface area contributed by atoms with Gasteiger partial charge in [-0.1, -0.05) is 5.21 Å². The summed E-state index contributed by atoms with van der Waals surface area (Å²) in [5.74, 6) is 1.07. The van der Waals surface area contributed by atoms with Crippen LogP contribution in [-0.4, -0.2) is 46.4 Å². The van der Waals surface area contributed by atoms with E-state index in [1.165, 1.54) is 4.68 Å². The van der Waals surface area contributed by atoms with E-state index < -0.39 is 13.0 Å². The highest BCUT2D eigenvalue weighted by Crippen LogP contribution is 2.43. The van der Waals surface area contributed by atoms with E-state index in [2.05, 4.69) is 30.6 Å². The van der Waals surface area contributed by atoms with Gasteiger partial charge in [0.25, 0.3) is 6.43 Å². The molecule has 120 valence electrons. The summed E-state index contributed by atoms with van der Waals surface area (Å²) < 4.78 is 28.7. The van der Waals surface area contributed by atoms with E-state index in [1.807, 2.05) is 0 Å². The van der Waals surface area contributed by atoms with Crippen molar-refractivity contribution in [1.29, 1.82) is 0 Å². The Balaban J connectivity index is 1.57. The number of rotatable bonds is 5. The lowest BCUT2D eigenvalue weighted by Gasteiger charge is -2.34. The molecule has 1 saturated carbocycles. The Hall–Kier alpha value is -2.65. The number of aromatic amines is 1. The summed E-state index contributed by atoms with van der Waals surface area (Å²) in [7, 11) is 0. The Morgan fingerprint density at radius 1 is 1.30 bits per heavy atom. The number of aromatic nitrogens is 8. The summed E-state index contributed by atoms with van der Waals surface area (Å²) in [6, 6.07) is 1.94. The van der Waals surface area contributed by atoms with Gasteiger partial charge in [0.15, 0.2) is 5.82 Å². The molecular weight excluding hydrogens is 306 g/mol. The Kier molecular flexibility index (Phi) is 3.36. The van der Waals surface area contributed by atoms with Crippen molar-refractivity contribution in [1.82, 2.24) is 40.0 Å². The second-order valence-corrected chi connectivity index (χ2v) is 5.54. The zero-order valence-corrected chi connectivity index (χ0v) is 12.0. The van der Waals surface area contributed by atoms with E-state index in [0.29, 0.717) is 17.3 Å². The molecule has 8 nitrogen and oxygen atoms in total. The maximum absolute atomic E-state index is 12.8. The first kappa shape index (κ1) is 14.0. The van der Waals surface area contributed by atoms with Crippen LogP contribution >= 0.6 is 0 Å². The van der Waals surface area contributed by atoms with Gasteiger partial charge in [-0.15, -0.1) is 10.2 Å². The van der Waals surface area contributed by atoms with E-state index >= 15 is 0 Å². The van der Waals surface area contributed by atoms with E-state index in [0.717, 1.165) is 12.8 Å². The molecule has 0 aliphatic heterocycles. The molecule has 0 amide bonds. The van der Waals surface area contributed by atoms with Gasteiger partial charge < -0.3 is 0 Å². The van der Waals surface area contributed by atoms with Gasteiger partial charge in [-0.25, -0.2) is 23.1 Å². The van der Waals surface area contributed by atoms with Gasteiger partial charge in [0.2, 0.25) is 0 Å². The number of nitrogens with one attached hydrogen (secondary N) is 1. The molecule has 0 saturated heterocycles. The molecule has 3 aromatic rings. The number of alkyl halides is 2. The summed E-state index contributed by atoms with van der Waals surface area (Å²) in [6.07, 6.45) is 4.11. The molecule has 0 unspecified atom stereocenters. The first-order chi connectivity index (χ1) is 11.2. The first-order valence-corrected chi connectivity index (χ1v) is 7.29. The van der Waals surface area contributed by atoms with Crippen LogP contribution in [0.3, 0.4) is 0 Å². The maximum Gasteiger partial charge on any atom is 0.257 e. The van der Waals surface area contributed by atoms with Crippen molar-refractivity contribution in [2.24, 2.45) is 0 Å². The highest BCUT2D eigenvalue weighted by Gasteiger charge is 2.36. The minimum Gasteiger partial charge on any atom is -0.275 e. The Bertz CT molecular complexity index is 758. The molecule has 1 fully saturated rings. The molecule has 10 heteroatoms. The van der Waals surface area contributed by atoms with E-state index in [9.17, 15) is 8.78 Å². The van der Waals surface area contributed by atoms with Crippen LogP contribution in [0.2, 0.25) is 0 Å². The third-order valence-electron chi connectivity index (χ3n) is 4.05. The zero-order chi connectivity index (χ0) is 15.8. The largest absolute Gasteiger partial charge is 0.275 e. The van der Waals surface area contributed by atoms with Crippen LogP contribution in [0.25, 0.3) is 11.5 Å². The summed E-state index contributed by atoms with van der Waals surface area (Å²) in [5.41, 5.74) is 0.617. The lowest BCUT2D eigenvalue weighted by Crippen LogP contribution is -2.28. The monoisotopic (exact) mass is 320 g/mol. The van der Waals surface area contributed by atoms with Crippen LogP contribution in [0, 0.1) is 0 Å². The number of hydrogen-bond acceptors (Lipinski definition) is 5. The Labute approximate surface area is 129 Å². The van der Waals surface area contributed by atoms with Crippen LogP contribution in [0.5, 0.6) is 0 Å². The molecule has 23 heavy (non-hydrogen) atoms. The molecule has 0 radical (unpaired) electrons. The van der Waals surface area contributed by atoms with Crippen LogP contribution in [0.1, 0.15) is 30.6 Å². The van der Waals surface area contributed by atoms with Gasteiger partial charge in [0.1, 0.15) is 18.1 Å². The van der Waals surface area contributed by atoms with Crippen molar-refractivity contribution < 1.29 is 8.78 Å². The van der Waals surface area contributed by atoms with E-state index in [4.69, 9.17) is 0 Å². The average Bonchev–Trinajstić information content (AvgIpc) is 3.17. The Morgan fingerprint density at radius 3 is 2.83 bits per heavy atom. The van der Waals surface area contributed by atoms with Crippen molar-refractivity contribution in [3.8, 4) is 11.5 Å². The third kappa shape index (κ3) is 2.60. The van der Waals surface area contributed by atoms with Gasteiger partial charge >= 0.3 is 0 Å². The standard InChI is InChI=1S/C13H14F2N8/c14-11(15)7-23-13(18-12(20-23)10-1-2-16-19-10)8-5-9(6-8)22-4-3-17-21-22/h1-4,8-9,11H,5-7H2,(H,16,19). The molecule has 0 bridgehead atoms. The Morgan fingerprint density at radius 2 is 2.17 bits per heavy atom. The van der Waals surface area contributed by atoms with Gasteiger partial charge in [0.05, 0.1) is 12.2 Å². The van der Waals surface area contributed by atoms with E-state index in [1.54, 1.807) is 29.3 Å². The fourth-order valence-electron chi connectivity index (χ4n) is 2.84. The fourth-order valence-corrected chi connectivity index (χ4v) is 2.84. The molecular formula is C13H14F2N8. The maximum atomic E-state index is 12.8. The van der Waals surface area contributed by atoms with Gasteiger partial charge in [-0.3, -0.25) is 5.10 Å². The van der Waals surface area contributed by atoms with Crippen molar-refractivity contribution in [3.63, 3.8) is 0 Å². The molecule has 0 spiro atoms. The minimum atomic E-state index is -2.48. The summed E-state index contributed by atoms with van der Waals surface area (Å²) >= 11 is 0. The summed E-state index contributed by atoms with van der Waals surface area (Å²) in [4.78, 5) is 4.45. The van der Waals surface area contributed by atoms with Crippen molar-refractivity contribution in [2.45, 2.75) is 37.8 Å². The summed E-state index contributed by atoms with van der Waals surface area (Å²) in [5, 5.41) is 18.6. The molecule has 0 aromatic carbocycles. The second kappa shape index (κ2) is 5.52. The smallest absolute Gasteiger partial charge is 0.257 e. The fraction of sp³-hybridized carbons (Fsp3) is 0.462. The highest BCUT2D eigenvalue weighted by atomic mass is 19.3. The molecule has 1 N–H and O–H groups in total. The first-order valence-electron chi connectivity index (χ1n) is 7.29. The van der Waals surface area contributed by atoms with Crippen molar-refractivity contribution >= 4 is 0 Å². The van der Waals surface area contributed by atoms with Crippen LogP contribution in [-0.2, 0) is 6.54 Å².